The van der Waals surface area contributed by atoms with Gasteiger partial charge in [0, 0.05) is 41.5 Å². The zero-order valence-corrected chi connectivity index (χ0v) is 33.1. The van der Waals surface area contributed by atoms with E-state index in [2.05, 4.69) is 19.9 Å². The maximum atomic E-state index is 5.58. The quantitative estimate of drug-likeness (QED) is 0.0649. The van der Waals surface area contributed by atoms with Crippen molar-refractivity contribution >= 4 is 177 Å². The third kappa shape index (κ3) is 11.4. The molecule has 0 atom stereocenters. The Balaban J connectivity index is 0.000000138. The number of hydrogen-bond acceptors (Lipinski definition) is 12. The number of fused-ring (bicyclic) bond motifs is 4. The van der Waals surface area contributed by atoms with Crippen molar-refractivity contribution in [3.8, 4) is 0 Å². The van der Waals surface area contributed by atoms with Crippen LogP contribution in [0.4, 0.5) is 22.7 Å². The zero-order chi connectivity index (χ0) is 34.1. The molecule has 8 aromatic rings. The van der Waals surface area contributed by atoms with Gasteiger partial charge in [-0.1, -0.05) is 73.1 Å². The Bertz CT molecular complexity index is 2140. The molecule has 8 rings (SSSR count). The molecule has 19 heteroatoms. The Morgan fingerprint density at radius 1 is 0.426 bits per heavy atom. The first-order chi connectivity index (χ1) is 22.4. The van der Waals surface area contributed by atoms with Crippen molar-refractivity contribution in [2.24, 2.45) is 0 Å². The second kappa shape index (κ2) is 17.9. The molecule has 0 saturated heterocycles. The van der Waals surface area contributed by atoms with Gasteiger partial charge < -0.3 is 42.9 Å². The number of nitrogen functional groups attached to an aromatic ring is 4. The van der Waals surface area contributed by atoms with E-state index < -0.39 is 0 Å². The molecule has 0 fully saturated rings. The molecule has 8 N–H and O–H groups in total. The average molecular weight is 899 g/mol. The summed E-state index contributed by atoms with van der Waals surface area (Å²) in [5.41, 5.74) is 29.1. The van der Waals surface area contributed by atoms with E-state index in [-0.39, 0.29) is 15.1 Å². The molecule has 8 nitrogen and oxygen atoms in total. The van der Waals surface area contributed by atoms with Crippen LogP contribution in [0.2, 0.25) is 0 Å². The molecule has 4 aromatic carbocycles. The molecule has 247 valence electrons. The Hall–Kier alpha value is -2.28. The number of nitrogens with two attached hydrogens (primary N) is 4. The normalized spacial score (nSPS) is 10.3. The number of thiazole rings is 4. The Morgan fingerprint density at radius 3 is 0.809 bits per heavy atom. The Morgan fingerprint density at radius 2 is 0.617 bits per heavy atom. The molecule has 0 aliphatic rings. The van der Waals surface area contributed by atoms with E-state index in [1.54, 1.807) is 0 Å². The molecule has 0 radical (unpaired) electrons. The summed E-state index contributed by atoms with van der Waals surface area (Å²) in [6.07, 6.45) is 0. The molecule has 0 unspecified atom stereocenters. The van der Waals surface area contributed by atoms with Crippen LogP contribution in [0.15, 0.2) is 72.8 Å². The molecule has 4 heterocycles. The van der Waals surface area contributed by atoms with Gasteiger partial charge in [0.25, 0.3) is 0 Å². The Kier molecular flexibility index (Phi) is 14.3. The number of halogens is 2. The first-order valence-electron chi connectivity index (χ1n) is 12.6. The minimum atomic E-state index is -0.226. The molecule has 0 spiro atoms. The number of nitrogens with zero attached hydrogens (tertiary/aromatic N) is 4. The van der Waals surface area contributed by atoms with Gasteiger partial charge in [-0.15, -0.1) is 22.1 Å². The first kappa shape index (κ1) is 37.5. The zero-order valence-electron chi connectivity index (χ0n) is 23.4. The topological polar surface area (TPSA) is 160 Å². The second-order valence-electron chi connectivity index (χ2n) is 8.88. The summed E-state index contributed by atoms with van der Waals surface area (Å²) < 4.78 is 6.95. The van der Waals surface area contributed by atoms with Gasteiger partial charge in [0.15, 0.2) is 0 Å². The van der Waals surface area contributed by atoms with Gasteiger partial charge in [-0.3, -0.25) is 0 Å². The van der Waals surface area contributed by atoms with Gasteiger partial charge in [-0.25, -0.2) is 0 Å². The van der Waals surface area contributed by atoms with E-state index in [1.165, 1.54) is 45.3 Å². The molecule has 0 saturated carbocycles. The number of hydrogen-bond donors (Lipinski definition) is 4. The van der Waals surface area contributed by atoms with Crippen LogP contribution < -0.4 is 42.9 Å². The van der Waals surface area contributed by atoms with Gasteiger partial charge >= 0.3 is 34.5 Å². The number of rotatable bonds is 0. The van der Waals surface area contributed by atoms with Gasteiger partial charge in [-0.05, 0) is 64.3 Å². The van der Waals surface area contributed by atoms with Crippen molar-refractivity contribution in [2.45, 2.75) is 0 Å². The van der Waals surface area contributed by atoms with Gasteiger partial charge in [0.1, 0.15) is 0 Å². The van der Waals surface area contributed by atoms with Crippen molar-refractivity contribution in [1.29, 1.82) is 0 Å². The molecule has 47 heavy (non-hydrogen) atoms. The van der Waals surface area contributed by atoms with Gasteiger partial charge in [-0.2, -0.15) is 45.3 Å². The summed E-state index contributed by atoms with van der Waals surface area (Å²) in [5.74, 6) is 0. The van der Waals surface area contributed by atoms with E-state index in [9.17, 15) is 0 Å². The predicted molar refractivity (Wildman–Crippen MR) is 213 cm³/mol. The van der Waals surface area contributed by atoms with Crippen LogP contribution in [0.3, 0.4) is 0 Å². The standard InChI is InChI=1S/4C7H6N2S2.2ClH.Rh/c4*8-4-1-2-5-6(3-4)11-7(10)9-5;;;/h4*1-3H,8H2,(H,9,10);2*1H;/q;;;;;;+2/p-6. The van der Waals surface area contributed by atoms with Crippen molar-refractivity contribution < 1.29 is 15.1 Å². The van der Waals surface area contributed by atoms with E-state index in [0.29, 0.717) is 15.8 Å². The molecular formula is C28H20Cl2N8RhS8-4. The van der Waals surface area contributed by atoms with Crippen LogP contribution >= 0.6 is 114 Å². The average Bonchev–Trinajstić information content (AvgIpc) is 3.76. The van der Waals surface area contributed by atoms with Crippen LogP contribution in [-0.4, -0.2) is 0 Å². The maximum absolute atomic E-state index is 5.58. The monoisotopic (exact) mass is 897 g/mol. The molecule has 0 amide bonds. The van der Waals surface area contributed by atoms with E-state index in [1.807, 2.05) is 72.8 Å². The first-order valence-corrected chi connectivity index (χ1v) is 21.7. The van der Waals surface area contributed by atoms with Crippen molar-refractivity contribution in [3.63, 3.8) is 0 Å². The van der Waals surface area contributed by atoms with Crippen molar-refractivity contribution in [3.05, 3.63) is 88.6 Å². The van der Waals surface area contributed by atoms with Crippen LogP contribution in [0.5, 0.6) is 0 Å². The third-order valence-corrected chi connectivity index (χ3v) is 10.2. The second-order valence-corrected chi connectivity index (χ2v) is 18.1. The summed E-state index contributed by atoms with van der Waals surface area (Å²) in [5, 5.41) is 0. The summed E-state index contributed by atoms with van der Waals surface area (Å²) >= 11 is 25.4. The van der Waals surface area contributed by atoms with E-state index >= 15 is 0 Å². The summed E-state index contributed by atoms with van der Waals surface area (Å²) in [6, 6.07) is 22.4. The van der Waals surface area contributed by atoms with Crippen molar-refractivity contribution in [1.82, 2.24) is 19.9 Å². The van der Waals surface area contributed by atoms with E-state index in [4.69, 9.17) is 91.2 Å². The molecular weight excluding hydrogens is 879 g/mol. The van der Waals surface area contributed by atoms with Gasteiger partial charge in [0.2, 0.25) is 0 Å². The fourth-order valence-corrected chi connectivity index (χ4v) is 8.13. The number of aromatic nitrogens is 4. The third-order valence-electron chi connectivity index (χ3n) is 5.57. The minimum absolute atomic E-state index is 0.226. The van der Waals surface area contributed by atoms with Crippen molar-refractivity contribution in [2.75, 3.05) is 22.9 Å². The molecule has 0 aliphatic carbocycles. The predicted octanol–water partition coefficient (Wildman–Crippen LogP) is 10.1. The summed E-state index contributed by atoms with van der Waals surface area (Å²) in [7, 11) is 9.67. The number of benzene rings is 4. The molecule has 0 bridgehead atoms. The van der Waals surface area contributed by atoms with Crippen LogP contribution in [0.25, 0.3) is 40.9 Å². The van der Waals surface area contributed by atoms with Crippen LogP contribution in [0.1, 0.15) is 0 Å². The SMILES string of the molecule is Nc1ccc2[n-]c(=S)sc2c1.Nc1ccc2[n-]c(=S)sc2c1.Nc1ccc2[n-]c(=S)sc2c1.Nc1ccc2[n-]c(=S)sc2c1.[Cl][Rh][Cl]. The fourth-order valence-electron chi connectivity index (χ4n) is 3.68. The fraction of sp³-hybridized carbons (Fsp3) is 0. The van der Waals surface area contributed by atoms with Crippen LogP contribution in [0, 0.1) is 15.8 Å². The van der Waals surface area contributed by atoms with Gasteiger partial charge in [0.05, 0.1) is 0 Å². The molecule has 0 aliphatic heterocycles. The molecule has 4 aromatic heterocycles. The van der Waals surface area contributed by atoms with Crippen LogP contribution in [-0.2, 0) is 15.1 Å². The Labute approximate surface area is 320 Å². The summed E-state index contributed by atoms with van der Waals surface area (Å²) in [4.78, 5) is 16.5. The number of anilines is 4. The van der Waals surface area contributed by atoms with E-state index in [0.717, 1.165) is 63.6 Å². The summed E-state index contributed by atoms with van der Waals surface area (Å²) in [6.45, 7) is 0.